The number of piperidine rings is 1. The summed E-state index contributed by atoms with van der Waals surface area (Å²) < 4.78 is 0. The van der Waals surface area contributed by atoms with Crippen molar-refractivity contribution in [1.29, 1.82) is 0 Å². The van der Waals surface area contributed by atoms with Gasteiger partial charge in [0, 0.05) is 29.2 Å². The first-order chi connectivity index (χ1) is 9.10. The van der Waals surface area contributed by atoms with Crippen molar-refractivity contribution in [3.05, 3.63) is 33.8 Å². The molecule has 0 radical (unpaired) electrons. The van der Waals surface area contributed by atoms with E-state index in [9.17, 15) is 4.79 Å². The number of nitrogens with zero attached hydrogens (tertiary/aromatic N) is 1. The minimum Gasteiger partial charge on any atom is -0.341 e. The van der Waals surface area contributed by atoms with Crippen LogP contribution < -0.4 is 5.32 Å². The van der Waals surface area contributed by atoms with Crippen molar-refractivity contribution >= 4 is 41.5 Å². The molecule has 1 fully saturated rings. The Morgan fingerprint density at radius 3 is 2.90 bits per heavy atom. The average Bonchev–Trinajstić information content (AvgIpc) is 2.43. The number of hydrogen-bond acceptors (Lipinski definition) is 2. The number of nitrogens with one attached hydrogen (secondary N) is 1. The molecule has 1 heterocycles. The fraction of sp³-hybridized carbons (Fsp3) is 0.500. The third-order valence-corrected chi connectivity index (χ3v) is 4.14. The summed E-state index contributed by atoms with van der Waals surface area (Å²) in [7, 11) is 1.94. The van der Waals surface area contributed by atoms with E-state index in [4.69, 9.17) is 23.2 Å². The van der Waals surface area contributed by atoms with Crippen LogP contribution in [-0.4, -0.2) is 37.0 Å². The normalized spacial score (nSPS) is 18.6. The summed E-state index contributed by atoms with van der Waals surface area (Å²) in [6.07, 6.45) is 2.48. The average molecular weight is 338 g/mol. The summed E-state index contributed by atoms with van der Waals surface area (Å²) in [5.74, 6) is 0.115. The van der Waals surface area contributed by atoms with Gasteiger partial charge in [-0.05, 0) is 43.7 Å². The van der Waals surface area contributed by atoms with Gasteiger partial charge in [-0.1, -0.05) is 23.2 Å². The molecule has 2 rings (SSSR count). The zero-order valence-corrected chi connectivity index (χ0v) is 13.7. The Morgan fingerprint density at radius 1 is 1.45 bits per heavy atom. The summed E-state index contributed by atoms with van der Waals surface area (Å²) in [5, 5.41) is 4.44. The third kappa shape index (κ3) is 4.52. The number of likely N-dealkylation sites (tertiary alicyclic amines) is 1. The molecule has 1 amide bonds. The molecule has 1 unspecified atom stereocenters. The Kier molecular flexibility index (Phi) is 7.10. The van der Waals surface area contributed by atoms with E-state index in [0.717, 1.165) is 31.5 Å². The molecule has 3 nitrogen and oxygen atoms in total. The fourth-order valence-corrected chi connectivity index (χ4v) is 2.77. The quantitative estimate of drug-likeness (QED) is 0.919. The maximum Gasteiger partial charge on any atom is 0.227 e. The van der Waals surface area contributed by atoms with Crippen molar-refractivity contribution in [2.24, 2.45) is 0 Å². The molecule has 0 aliphatic carbocycles. The fourth-order valence-electron chi connectivity index (χ4n) is 2.39. The molecule has 1 aromatic rings. The zero-order valence-electron chi connectivity index (χ0n) is 11.4. The monoisotopic (exact) mass is 336 g/mol. The lowest BCUT2D eigenvalue weighted by atomic mass is 10.0. The highest BCUT2D eigenvalue weighted by Crippen LogP contribution is 2.22. The molecule has 0 aromatic heterocycles. The molecule has 0 saturated carbocycles. The van der Waals surface area contributed by atoms with Crippen molar-refractivity contribution in [2.45, 2.75) is 25.3 Å². The van der Waals surface area contributed by atoms with Crippen LogP contribution in [0.5, 0.6) is 0 Å². The highest BCUT2D eigenvalue weighted by Gasteiger charge is 2.23. The maximum absolute atomic E-state index is 12.3. The summed E-state index contributed by atoms with van der Waals surface area (Å²) in [4.78, 5) is 14.2. The molecule has 1 aliphatic rings. The smallest absolute Gasteiger partial charge is 0.227 e. The Hall–Kier alpha value is -0.480. The molecule has 0 bridgehead atoms. The van der Waals surface area contributed by atoms with E-state index in [-0.39, 0.29) is 18.3 Å². The summed E-state index contributed by atoms with van der Waals surface area (Å²) in [6.45, 7) is 1.60. The first-order valence-electron chi connectivity index (χ1n) is 6.49. The maximum atomic E-state index is 12.3. The molecule has 1 N–H and O–H groups in total. The van der Waals surface area contributed by atoms with Crippen LogP contribution in [0.25, 0.3) is 0 Å². The number of amides is 1. The second-order valence-corrected chi connectivity index (χ2v) is 5.72. The van der Waals surface area contributed by atoms with Crippen LogP contribution in [0, 0.1) is 0 Å². The van der Waals surface area contributed by atoms with Crippen LogP contribution in [0.15, 0.2) is 18.2 Å². The van der Waals surface area contributed by atoms with Gasteiger partial charge in [-0.2, -0.15) is 0 Å². The number of hydrogen-bond donors (Lipinski definition) is 1. The first-order valence-corrected chi connectivity index (χ1v) is 7.24. The van der Waals surface area contributed by atoms with Crippen LogP contribution in [0.3, 0.4) is 0 Å². The van der Waals surface area contributed by atoms with Crippen LogP contribution in [0.4, 0.5) is 0 Å². The Bertz CT molecular complexity index is 468. The standard InChI is InChI=1S/C14H18Cl2N2O.ClH/c1-17-12-3-2-6-18(9-12)14(19)8-10-7-11(15)4-5-13(10)16;/h4-5,7,12,17H,2-3,6,8-9H2,1H3;1H. The van der Waals surface area contributed by atoms with Crippen molar-refractivity contribution in [2.75, 3.05) is 20.1 Å². The summed E-state index contributed by atoms with van der Waals surface area (Å²) >= 11 is 12.0. The Balaban J connectivity index is 0.00000200. The predicted octanol–water partition coefficient (Wildman–Crippen LogP) is 3.17. The van der Waals surface area contributed by atoms with Gasteiger partial charge in [-0.25, -0.2) is 0 Å². The molecular weight excluding hydrogens is 319 g/mol. The van der Waals surface area contributed by atoms with Gasteiger partial charge in [0.1, 0.15) is 0 Å². The van der Waals surface area contributed by atoms with E-state index in [1.165, 1.54) is 0 Å². The molecule has 1 aliphatic heterocycles. The van der Waals surface area contributed by atoms with Crippen LogP contribution in [0.1, 0.15) is 18.4 Å². The second kappa shape index (κ2) is 8.08. The SMILES string of the molecule is CNC1CCCN(C(=O)Cc2cc(Cl)ccc2Cl)C1.Cl. The zero-order chi connectivity index (χ0) is 13.8. The van der Waals surface area contributed by atoms with E-state index in [0.29, 0.717) is 22.5 Å². The molecule has 20 heavy (non-hydrogen) atoms. The number of carbonyl (C=O) groups is 1. The van der Waals surface area contributed by atoms with Gasteiger partial charge in [0.15, 0.2) is 0 Å². The van der Waals surface area contributed by atoms with Crippen molar-refractivity contribution in [3.63, 3.8) is 0 Å². The lowest BCUT2D eigenvalue weighted by Gasteiger charge is -2.32. The molecule has 112 valence electrons. The number of benzene rings is 1. The van der Waals surface area contributed by atoms with Gasteiger partial charge in [-0.3, -0.25) is 4.79 Å². The molecular formula is C14H19Cl3N2O. The van der Waals surface area contributed by atoms with Crippen LogP contribution in [0.2, 0.25) is 10.0 Å². The Labute approximate surface area is 136 Å². The second-order valence-electron chi connectivity index (χ2n) is 4.88. The molecule has 6 heteroatoms. The number of carbonyl (C=O) groups excluding carboxylic acids is 1. The van der Waals surface area contributed by atoms with Crippen molar-refractivity contribution in [1.82, 2.24) is 10.2 Å². The van der Waals surface area contributed by atoms with E-state index in [1.807, 2.05) is 11.9 Å². The number of halogens is 3. The third-order valence-electron chi connectivity index (χ3n) is 3.53. The largest absolute Gasteiger partial charge is 0.341 e. The highest BCUT2D eigenvalue weighted by molar-refractivity contribution is 6.33. The lowest BCUT2D eigenvalue weighted by molar-refractivity contribution is -0.131. The topological polar surface area (TPSA) is 32.3 Å². The predicted molar refractivity (Wildman–Crippen MR) is 86.1 cm³/mol. The van der Waals surface area contributed by atoms with Crippen molar-refractivity contribution in [3.8, 4) is 0 Å². The van der Waals surface area contributed by atoms with Crippen molar-refractivity contribution < 1.29 is 4.79 Å². The number of rotatable bonds is 3. The van der Waals surface area contributed by atoms with Gasteiger partial charge < -0.3 is 10.2 Å². The van der Waals surface area contributed by atoms with E-state index in [2.05, 4.69) is 5.32 Å². The summed E-state index contributed by atoms with van der Waals surface area (Å²) in [6, 6.07) is 5.63. The van der Waals surface area contributed by atoms with Crippen LogP contribution >= 0.6 is 35.6 Å². The van der Waals surface area contributed by atoms with E-state index >= 15 is 0 Å². The Morgan fingerprint density at radius 2 is 2.20 bits per heavy atom. The molecule has 1 aromatic carbocycles. The van der Waals surface area contributed by atoms with E-state index in [1.54, 1.807) is 18.2 Å². The highest BCUT2D eigenvalue weighted by atomic mass is 35.5. The van der Waals surface area contributed by atoms with E-state index < -0.39 is 0 Å². The molecule has 1 atom stereocenters. The van der Waals surface area contributed by atoms with Gasteiger partial charge in [-0.15, -0.1) is 12.4 Å². The minimum atomic E-state index is 0. The molecule has 0 spiro atoms. The summed E-state index contributed by atoms with van der Waals surface area (Å²) in [5.41, 5.74) is 0.797. The van der Waals surface area contributed by atoms with Crippen LogP contribution in [-0.2, 0) is 11.2 Å². The van der Waals surface area contributed by atoms with Gasteiger partial charge in [0.2, 0.25) is 5.91 Å². The number of likely N-dealkylation sites (N-methyl/N-ethyl adjacent to an activating group) is 1. The molecule has 1 saturated heterocycles. The van der Waals surface area contributed by atoms with Gasteiger partial charge in [0.25, 0.3) is 0 Å². The first kappa shape index (κ1) is 17.6. The minimum absolute atomic E-state index is 0. The van der Waals surface area contributed by atoms with Gasteiger partial charge >= 0.3 is 0 Å². The van der Waals surface area contributed by atoms with Gasteiger partial charge in [0.05, 0.1) is 6.42 Å². The lowest BCUT2D eigenvalue weighted by Crippen LogP contribution is -2.47.